The first-order valence-electron chi connectivity index (χ1n) is 10.5. The van der Waals surface area contributed by atoms with E-state index in [1.165, 1.54) is 0 Å². The van der Waals surface area contributed by atoms with Gasteiger partial charge in [-0.05, 0) is 49.2 Å². The molecule has 0 saturated carbocycles. The Morgan fingerprint density at radius 3 is 2.70 bits per heavy atom. The number of nitrogens with one attached hydrogen (secondary N) is 2. The quantitative estimate of drug-likeness (QED) is 0.439. The third kappa shape index (κ3) is 3.82. The van der Waals surface area contributed by atoms with Crippen molar-refractivity contribution in [2.45, 2.75) is 19.9 Å². The number of benzene rings is 2. The maximum Gasteiger partial charge on any atom is 0.255 e. The van der Waals surface area contributed by atoms with Crippen molar-refractivity contribution >= 4 is 17.5 Å². The van der Waals surface area contributed by atoms with Crippen molar-refractivity contribution in [1.29, 1.82) is 0 Å². The van der Waals surface area contributed by atoms with E-state index in [1.54, 1.807) is 47.4 Å². The van der Waals surface area contributed by atoms with Gasteiger partial charge in [-0.2, -0.15) is 4.98 Å². The summed E-state index contributed by atoms with van der Waals surface area (Å²) in [6.45, 7) is 3.84. The summed E-state index contributed by atoms with van der Waals surface area (Å²) in [5.74, 6) is 0.899. The SMILES string of the molecule is CC1=C(C(=O)Nc2cccnc2)C(c2cccc(O)c2)n2nc(-c3ccccc3C)nc2N1. The number of phenolic OH excluding ortho intramolecular Hbond substituents is 1. The molecular weight excluding hydrogens is 416 g/mol. The highest BCUT2D eigenvalue weighted by Crippen LogP contribution is 2.37. The van der Waals surface area contributed by atoms with E-state index in [0.29, 0.717) is 28.7 Å². The number of carbonyl (C=O) groups excluding carboxylic acids is 1. The molecule has 0 saturated heterocycles. The first-order valence-corrected chi connectivity index (χ1v) is 10.5. The lowest BCUT2D eigenvalue weighted by molar-refractivity contribution is -0.113. The fourth-order valence-corrected chi connectivity index (χ4v) is 4.02. The lowest BCUT2D eigenvalue weighted by atomic mass is 9.95. The van der Waals surface area contributed by atoms with E-state index >= 15 is 0 Å². The highest BCUT2D eigenvalue weighted by atomic mass is 16.3. The number of aryl methyl sites for hydroxylation is 1. The van der Waals surface area contributed by atoms with Gasteiger partial charge in [0.2, 0.25) is 5.95 Å². The number of pyridine rings is 1. The van der Waals surface area contributed by atoms with Crippen LogP contribution in [0.15, 0.2) is 84.3 Å². The predicted molar refractivity (Wildman–Crippen MR) is 126 cm³/mol. The van der Waals surface area contributed by atoms with Crippen molar-refractivity contribution in [3.05, 3.63) is 95.5 Å². The standard InChI is InChI=1S/C25H22N6O2/c1-15-7-3-4-11-20(15)23-29-25-27-16(2)21(24(33)28-18-9-6-12-26-14-18)22(31(25)30-23)17-8-5-10-19(32)13-17/h3-14,22,32H,1-2H3,(H,28,33)(H,27,29,30). The Hall–Kier alpha value is -4.46. The Balaban J connectivity index is 1.63. The van der Waals surface area contributed by atoms with E-state index in [2.05, 4.69) is 15.6 Å². The molecular formula is C25H22N6O2. The summed E-state index contributed by atoms with van der Waals surface area (Å²) in [4.78, 5) is 22.2. The fraction of sp³-hybridized carbons (Fsp3) is 0.120. The molecule has 0 bridgehead atoms. The number of carbonyl (C=O) groups is 1. The third-order valence-electron chi connectivity index (χ3n) is 5.59. The van der Waals surface area contributed by atoms with Crippen LogP contribution >= 0.6 is 0 Å². The summed E-state index contributed by atoms with van der Waals surface area (Å²) in [7, 11) is 0. The zero-order chi connectivity index (χ0) is 22.9. The number of nitrogens with zero attached hydrogens (tertiary/aromatic N) is 4. The molecule has 8 nitrogen and oxygen atoms in total. The number of aromatic nitrogens is 4. The molecule has 2 aromatic carbocycles. The third-order valence-corrected chi connectivity index (χ3v) is 5.59. The van der Waals surface area contributed by atoms with E-state index < -0.39 is 6.04 Å². The maximum absolute atomic E-state index is 13.4. The van der Waals surface area contributed by atoms with Crippen LogP contribution in [0.25, 0.3) is 11.4 Å². The van der Waals surface area contributed by atoms with Gasteiger partial charge in [0.15, 0.2) is 5.82 Å². The lowest BCUT2D eigenvalue weighted by Gasteiger charge is -2.28. The second-order valence-electron chi connectivity index (χ2n) is 7.88. The Labute approximate surface area is 190 Å². The van der Waals surface area contributed by atoms with Crippen molar-refractivity contribution < 1.29 is 9.90 Å². The second-order valence-corrected chi connectivity index (χ2v) is 7.88. The molecule has 1 atom stereocenters. The number of phenols is 1. The monoisotopic (exact) mass is 438 g/mol. The van der Waals surface area contributed by atoms with Crippen LogP contribution in [0.1, 0.15) is 24.1 Å². The van der Waals surface area contributed by atoms with E-state index in [9.17, 15) is 9.90 Å². The number of amides is 1. The molecule has 5 rings (SSSR count). The molecule has 0 radical (unpaired) electrons. The minimum Gasteiger partial charge on any atom is -0.508 e. The second kappa shape index (κ2) is 8.23. The van der Waals surface area contributed by atoms with Gasteiger partial charge in [-0.1, -0.05) is 36.4 Å². The Morgan fingerprint density at radius 1 is 1.09 bits per heavy atom. The number of rotatable bonds is 4. The number of hydrogen-bond donors (Lipinski definition) is 3. The molecule has 8 heteroatoms. The molecule has 1 unspecified atom stereocenters. The molecule has 0 aliphatic carbocycles. The van der Waals surface area contributed by atoms with Crippen molar-refractivity contribution in [2.24, 2.45) is 0 Å². The van der Waals surface area contributed by atoms with Crippen molar-refractivity contribution in [2.75, 3.05) is 10.6 Å². The summed E-state index contributed by atoms with van der Waals surface area (Å²) in [5, 5.41) is 21.1. The van der Waals surface area contributed by atoms with E-state index in [1.807, 2.05) is 44.2 Å². The van der Waals surface area contributed by atoms with Gasteiger partial charge in [0, 0.05) is 17.5 Å². The van der Waals surface area contributed by atoms with Crippen LogP contribution in [-0.4, -0.2) is 30.8 Å². The average Bonchev–Trinajstić information content (AvgIpc) is 3.22. The van der Waals surface area contributed by atoms with Crippen LogP contribution in [0.3, 0.4) is 0 Å². The van der Waals surface area contributed by atoms with Crippen LogP contribution in [0.2, 0.25) is 0 Å². The number of hydrogen-bond acceptors (Lipinski definition) is 6. The molecule has 1 amide bonds. The van der Waals surface area contributed by atoms with Crippen LogP contribution in [0.5, 0.6) is 5.75 Å². The molecule has 2 aromatic heterocycles. The molecule has 3 N–H and O–H groups in total. The first-order chi connectivity index (χ1) is 16.0. The predicted octanol–water partition coefficient (Wildman–Crippen LogP) is 4.28. The topological polar surface area (TPSA) is 105 Å². The van der Waals surface area contributed by atoms with Gasteiger partial charge in [-0.3, -0.25) is 9.78 Å². The summed E-state index contributed by atoms with van der Waals surface area (Å²) in [6.07, 6.45) is 3.23. The van der Waals surface area contributed by atoms with Crippen molar-refractivity contribution in [3.63, 3.8) is 0 Å². The molecule has 4 aromatic rings. The highest BCUT2D eigenvalue weighted by molar-refractivity contribution is 6.06. The largest absolute Gasteiger partial charge is 0.508 e. The molecule has 0 spiro atoms. The van der Waals surface area contributed by atoms with Crippen LogP contribution in [-0.2, 0) is 4.79 Å². The number of anilines is 2. The average molecular weight is 438 g/mol. The molecule has 3 heterocycles. The Bertz CT molecular complexity index is 1380. The fourth-order valence-electron chi connectivity index (χ4n) is 4.02. The van der Waals surface area contributed by atoms with Gasteiger partial charge in [0.05, 0.1) is 17.5 Å². The molecule has 164 valence electrons. The summed E-state index contributed by atoms with van der Waals surface area (Å²) >= 11 is 0. The summed E-state index contributed by atoms with van der Waals surface area (Å²) in [6, 6.07) is 17.7. The number of fused-ring (bicyclic) bond motifs is 1. The number of aromatic hydroxyl groups is 1. The zero-order valence-corrected chi connectivity index (χ0v) is 18.1. The Morgan fingerprint density at radius 2 is 1.94 bits per heavy atom. The molecule has 0 fully saturated rings. The van der Waals surface area contributed by atoms with Crippen LogP contribution in [0, 0.1) is 6.92 Å². The minimum atomic E-state index is -0.588. The number of allylic oxidation sites excluding steroid dienone is 1. The lowest BCUT2D eigenvalue weighted by Crippen LogP contribution is -2.31. The van der Waals surface area contributed by atoms with Crippen molar-refractivity contribution in [3.8, 4) is 17.1 Å². The van der Waals surface area contributed by atoms with Gasteiger partial charge in [0.25, 0.3) is 5.91 Å². The smallest absolute Gasteiger partial charge is 0.255 e. The maximum atomic E-state index is 13.4. The molecule has 1 aliphatic rings. The first kappa shape index (κ1) is 20.4. The summed E-state index contributed by atoms with van der Waals surface area (Å²) < 4.78 is 1.70. The Kier molecular flexibility index (Phi) is 5.10. The highest BCUT2D eigenvalue weighted by Gasteiger charge is 2.34. The van der Waals surface area contributed by atoms with Crippen LogP contribution < -0.4 is 10.6 Å². The van der Waals surface area contributed by atoms with Crippen molar-refractivity contribution in [1.82, 2.24) is 19.7 Å². The molecule has 33 heavy (non-hydrogen) atoms. The van der Waals surface area contributed by atoms with Crippen LogP contribution in [0.4, 0.5) is 11.6 Å². The normalized spacial score (nSPS) is 15.0. The van der Waals surface area contributed by atoms with E-state index in [-0.39, 0.29) is 11.7 Å². The summed E-state index contributed by atoms with van der Waals surface area (Å²) in [5.41, 5.74) is 4.39. The zero-order valence-electron chi connectivity index (χ0n) is 18.1. The van der Waals surface area contributed by atoms with Gasteiger partial charge >= 0.3 is 0 Å². The van der Waals surface area contributed by atoms with Gasteiger partial charge in [-0.15, -0.1) is 5.10 Å². The molecule has 1 aliphatic heterocycles. The van der Waals surface area contributed by atoms with E-state index in [0.717, 1.165) is 16.7 Å². The van der Waals surface area contributed by atoms with E-state index in [4.69, 9.17) is 10.1 Å². The minimum absolute atomic E-state index is 0.108. The van der Waals surface area contributed by atoms with Gasteiger partial charge in [0.1, 0.15) is 11.8 Å². The van der Waals surface area contributed by atoms with Gasteiger partial charge in [-0.25, -0.2) is 4.68 Å². The van der Waals surface area contributed by atoms with Gasteiger partial charge < -0.3 is 15.7 Å².